The summed E-state index contributed by atoms with van der Waals surface area (Å²) in [6.45, 7) is 5.44. The van der Waals surface area contributed by atoms with Crippen molar-refractivity contribution in [1.82, 2.24) is 14.9 Å². The van der Waals surface area contributed by atoms with Gasteiger partial charge in [0.25, 0.3) is 5.91 Å². The molecule has 3 heterocycles. The van der Waals surface area contributed by atoms with E-state index in [4.69, 9.17) is 27.1 Å². The fraction of sp³-hybridized carbons (Fsp3) is 0.370. The van der Waals surface area contributed by atoms with Crippen LogP contribution in [-0.4, -0.2) is 53.1 Å². The second kappa shape index (κ2) is 11.6. The molecule has 4 rings (SSSR count). The monoisotopic (exact) mass is 547 g/mol. The molecule has 3 aromatic rings. The molecule has 0 radical (unpaired) electrons. The first-order valence-corrected chi connectivity index (χ1v) is 12.8. The molecule has 1 aliphatic heterocycles. The van der Waals surface area contributed by atoms with E-state index in [9.17, 15) is 18.0 Å². The zero-order valence-corrected chi connectivity index (χ0v) is 21.9. The zero-order chi connectivity index (χ0) is 27.4. The van der Waals surface area contributed by atoms with Crippen LogP contribution < -0.4 is 15.4 Å². The Morgan fingerprint density at radius 3 is 2.66 bits per heavy atom. The van der Waals surface area contributed by atoms with Gasteiger partial charge in [0.1, 0.15) is 0 Å². The lowest BCUT2D eigenvalue weighted by Gasteiger charge is -2.43. The van der Waals surface area contributed by atoms with Crippen molar-refractivity contribution in [2.45, 2.75) is 39.0 Å². The number of hydrogen-bond acceptors (Lipinski definition) is 6. The molecule has 0 saturated carbocycles. The van der Waals surface area contributed by atoms with Crippen LogP contribution in [0.5, 0.6) is 5.88 Å². The van der Waals surface area contributed by atoms with Gasteiger partial charge in [-0.3, -0.25) is 4.79 Å². The standard InChI is InChI=1S/C27H29ClF3N5O2/c1-3-18-16-35(26(37)19-8-7-17(28)14-21(19)27(29,30)31)12-13-36(18)24-10-9-22(34-23(24)15-32)20-6-5-11-33-25(20)38-4-2/h5-11,14,18H,3-4,12-13,15-16,32H2,1-2H3. The first-order chi connectivity index (χ1) is 18.2. The van der Waals surface area contributed by atoms with E-state index in [1.807, 2.05) is 38.1 Å². The van der Waals surface area contributed by atoms with E-state index in [0.717, 1.165) is 23.4 Å². The Balaban J connectivity index is 1.60. The predicted octanol–water partition coefficient (Wildman–Crippen LogP) is 5.41. The molecule has 1 aromatic carbocycles. The van der Waals surface area contributed by atoms with Gasteiger partial charge >= 0.3 is 6.18 Å². The Morgan fingerprint density at radius 1 is 1.18 bits per heavy atom. The molecule has 1 saturated heterocycles. The summed E-state index contributed by atoms with van der Waals surface area (Å²) in [6, 6.07) is 10.6. The van der Waals surface area contributed by atoms with Crippen LogP contribution in [0.3, 0.4) is 0 Å². The summed E-state index contributed by atoms with van der Waals surface area (Å²) in [5, 5.41) is -0.0740. The Kier molecular flexibility index (Phi) is 8.42. The molecule has 2 N–H and O–H groups in total. The summed E-state index contributed by atoms with van der Waals surface area (Å²) < 4.78 is 46.5. The number of aromatic nitrogens is 2. The fourth-order valence-electron chi connectivity index (χ4n) is 4.71. The van der Waals surface area contributed by atoms with E-state index >= 15 is 0 Å². The number of carbonyl (C=O) groups excluding carboxylic acids is 1. The molecule has 0 bridgehead atoms. The van der Waals surface area contributed by atoms with Crippen molar-refractivity contribution in [3.8, 4) is 17.1 Å². The van der Waals surface area contributed by atoms with Crippen LogP contribution in [0.1, 0.15) is 41.9 Å². The largest absolute Gasteiger partial charge is 0.477 e. The number of alkyl halides is 3. The van der Waals surface area contributed by atoms with E-state index in [2.05, 4.69) is 9.88 Å². The summed E-state index contributed by atoms with van der Waals surface area (Å²) in [4.78, 5) is 25.9. The summed E-state index contributed by atoms with van der Waals surface area (Å²) in [5.41, 5.74) is 7.59. The zero-order valence-electron chi connectivity index (χ0n) is 21.1. The number of carbonyl (C=O) groups is 1. The van der Waals surface area contributed by atoms with E-state index in [-0.39, 0.29) is 30.7 Å². The van der Waals surface area contributed by atoms with Gasteiger partial charge in [0.2, 0.25) is 5.88 Å². The lowest BCUT2D eigenvalue weighted by Crippen LogP contribution is -2.55. The minimum absolute atomic E-state index is 0.0740. The topological polar surface area (TPSA) is 84.6 Å². The third kappa shape index (κ3) is 5.71. The van der Waals surface area contributed by atoms with Gasteiger partial charge in [-0.15, -0.1) is 0 Å². The lowest BCUT2D eigenvalue weighted by molar-refractivity contribution is -0.138. The number of nitrogens with two attached hydrogens (primary N) is 1. The van der Waals surface area contributed by atoms with E-state index in [1.54, 1.807) is 6.20 Å². The summed E-state index contributed by atoms with van der Waals surface area (Å²) in [5.74, 6) is -0.183. The third-order valence-corrected chi connectivity index (χ3v) is 6.77. The molecule has 38 heavy (non-hydrogen) atoms. The SMILES string of the molecule is CCOc1ncccc1-c1ccc(N2CCN(C(=O)c3ccc(Cl)cc3C(F)(F)F)CC2CC)c(CN)n1. The van der Waals surface area contributed by atoms with Crippen molar-refractivity contribution in [1.29, 1.82) is 0 Å². The summed E-state index contributed by atoms with van der Waals surface area (Å²) in [7, 11) is 0. The first kappa shape index (κ1) is 27.7. The van der Waals surface area contributed by atoms with Crippen LogP contribution in [0.15, 0.2) is 48.7 Å². The maximum absolute atomic E-state index is 13.6. The first-order valence-electron chi connectivity index (χ1n) is 12.4. The molecule has 1 unspecified atom stereocenters. The van der Waals surface area contributed by atoms with Gasteiger partial charge in [0, 0.05) is 43.4 Å². The van der Waals surface area contributed by atoms with E-state index < -0.39 is 23.2 Å². The number of piperazine rings is 1. The molecule has 7 nitrogen and oxygen atoms in total. The van der Waals surface area contributed by atoms with Crippen LogP contribution in [-0.2, 0) is 12.7 Å². The van der Waals surface area contributed by atoms with Crippen LogP contribution in [0.25, 0.3) is 11.3 Å². The second-order valence-electron chi connectivity index (χ2n) is 8.85. The predicted molar refractivity (Wildman–Crippen MR) is 140 cm³/mol. The van der Waals surface area contributed by atoms with Crippen LogP contribution in [0.2, 0.25) is 5.02 Å². The molecule has 0 aliphatic carbocycles. The van der Waals surface area contributed by atoms with E-state index in [1.165, 1.54) is 11.0 Å². The number of rotatable bonds is 7. The Hall–Kier alpha value is -3.37. The molecular formula is C27H29ClF3N5O2. The fourth-order valence-corrected chi connectivity index (χ4v) is 4.88. The Bertz CT molecular complexity index is 1300. The highest BCUT2D eigenvalue weighted by Gasteiger charge is 2.38. The highest BCUT2D eigenvalue weighted by molar-refractivity contribution is 6.30. The maximum atomic E-state index is 13.6. The van der Waals surface area contributed by atoms with Gasteiger partial charge in [-0.25, -0.2) is 9.97 Å². The van der Waals surface area contributed by atoms with Gasteiger partial charge in [-0.2, -0.15) is 13.2 Å². The Labute approximate surface area is 224 Å². The molecule has 0 spiro atoms. The molecule has 1 atom stereocenters. The molecule has 11 heteroatoms. The number of hydrogen-bond donors (Lipinski definition) is 1. The number of benzene rings is 1. The number of ether oxygens (including phenoxy) is 1. The highest BCUT2D eigenvalue weighted by Crippen LogP contribution is 2.35. The minimum Gasteiger partial charge on any atom is -0.477 e. The normalized spacial score (nSPS) is 16.0. The molecule has 1 amide bonds. The van der Waals surface area contributed by atoms with Crippen molar-refractivity contribution < 1.29 is 22.7 Å². The van der Waals surface area contributed by atoms with Gasteiger partial charge in [0.15, 0.2) is 0 Å². The molecule has 2 aromatic heterocycles. The van der Waals surface area contributed by atoms with Gasteiger partial charge < -0.3 is 20.3 Å². The van der Waals surface area contributed by atoms with Crippen LogP contribution >= 0.6 is 11.6 Å². The van der Waals surface area contributed by atoms with Crippen molar-refractivity contribution in [3.63, 3.8) is 0 Å². The number of amides is 1. The highest BCUT2D eigenvalue weighted by atomic mass is 35.5. The van der Waals surface area contributed by atoms with Crippen molar-refractivity contribution in [2.75, 3.05) is 31.1 Å². The average Bonchev–Trinajstić information content (AvgIpc) is 2.92. The van der Waals surface area contributed by atoms with Crippen molar-refractivity contribution in [2.24, 2.45) is 5.73 Å². The number of pyridine rings is 2. The van der Waals surface area contributed by atoms with Gasteiger partial charge in [-0.1, -0.05) is 18.5 Å². The minimum atomic E-state index is -4.69. The smallest absolute Gasteiger partial charge is 0.417 e. The number of anilines is 1. The van der Waals surface area contributed by atoms with Crippen molar-refractivity contribution >= 4 is 23.2 Å². The quantitative estimate of drug-likeness (QED) is 0.425. The summed E-state index contributed by atoms with van der Waals surface area (Å²) >= 11 is 5.79. The number of halogens is 4. The second-order valence-corrected chi connectivity index (χ2v) is 9.29. The number of nitrogens with zero attached hydrogens (tertiary/aromatic N) is 4. The van der Waals surface area contributed by atoms with Crippen LogP contribution in [0, 0.1) is 0 Å². The molecule has 1 fully saturated rings. The third-order valence-electron chi connectivity index (χ3n) is 6.54. The Morgan fingerprint density at radius 2 is 1.97 bits per heavy atom. The molecular weight excluding hydrogens is 519 g/mol. The maximum Gasteiger partial charge on any atom is 0.417 e. The summed E-state index contributed by atoms with van der Waals surface area (Å²) in [6.07, 6.45) is -2.37. The molecule has 202 valence electrons. The van der Waals surface area contributed by atoms with Gasteiger partial charge in [-0.05, 0) is 55.8 Å². The molecule has 1 aliphatic rings. The van der Waals surface area contributed by atoms with E-state index in [0.29, 0.717) is 36.8 Å². The van der Waals surface area contributed by atoms with Crippen molar-refractivity contribution in [3.05, 3.63) is 70.5 Å². The van der Waals surface area contributed by atoms with Crippen LogP contribution in [0.4, 0.5) is 18.9 Å². The lowest BCUT2D eigenvalue weighted by atomic mass is 10.0. The average molecular weight is 548 g/mol. The van der Waals surface area contributed by atoms with Gasteiger partial charge in [0.05, 0.1) is 40.4 Å².